The van der Waals surface area contributed by atoms with E-state index in [1.165, 1.54) is 24.5 Å². The Morgan fingerprint density at radius 1 is 0.600 bits per heavy atom. The van der Waals surface area contributed by atoms with Crippen LogP contribution in [-0.4, -0.2) is 24.4 Å². The third kappa shape index (κ3) is 6.57. The first kappa shape index (κ1) is 19.0. The molecule has 0 radical (unpaired) electrons. The largest absolute Gasteiger partial charge is 0.508 e. The van der Waals surface area contributed by atoms with Crippen molar-refractivity contribution in [2.45, 2.75) is 44.9 Å². The highest BCUT2D eigenvalue weighted by atomic mass is 16.5. The van der Waals surface area contributed by atoms with Crippen molar-refractivity contribution in [3.05, 3.63) is 47.5 Å². The van der Waals surface area contributed by atoms with Gasteiger partial charge in [-0.3, -0.25) is 0 Å². The van der Waals surface area contributed by atoms with Gasteiger partial charge in [-0.15, -0.1) is 0 Å². The number of phenolic OH excluding ortho intramolecular Hbond substituents is 2. The summed E-state index contributed by atoms with van der Waals surface area (Å²) in [7, 11) is 3.34. The molecule has 0 fully saturated rings. The molecule has 0 unspecified atom stereocenters. The molecule has 0 saturated heterocycles. The van der Waals surface area contributed by atoms with Crippen LogP contribution in [0.5, 0.6) is 23.0 Å². The third-order valence-electron chi connectivity index (χ3n) is 4.30. The molecule has 2 aromatic carbocycles. The van der Waals surface area contributed by atoms with Crippen molar-refractivity contribution in [2.75, 3.05) is 14.2 Å². The molecule has 0 spiro atoms. The zero-order chi connectivity index (χ0) is 18.1. The van der Waals surface area contributed by atoms with Crippen molar-refractivity contribution < 1.29 is 19.7 Å². The van der Waals surface area contributed by atoms with Gasteiger partial charge < -0.3 is 19.7 Å². The number of unbranched alkanes of at least 4 members (excludes halogenated alkanes) is 4. The summed E-state index contributed by atoms with van der Waals surface area (Å²) in [6, 6.07) is 10.8. The molecule has 136 valence electrons. The highest BCUT2D eigenvalue weighted by Crippen LogP contribution is 2.24. The fourth-order valence-corrected chi connectivity index (χ4v) is 3.00. The number of rotatable bonds is 10. The normalized spacial score (nSPS) is 10.6. The van der Waals surface area contributed by atoms with E-state index in [0.29, 0.717) is 0 Å². The average molecular weight is 344 g/mol. The fraction of sp³-hybridized carbons (Fsp3) is 0.429. The molecule has 25 heavy (non-hydrogen) atoms. The van der Waals surface area contributed by atoms with Gasteiger partial charge in [0.25, 0.3) is 0 Å². The topological polar surface area (TPSA) is 58.9 Å². The minimum atomic E-state index is 0.128. The maximum Gasteiger partial charge on any atom is 0.122 e. The van der Waals surface area contributed by atoms with Crippen molar-refractivity contribution in [3.63, 3.8) is 0 Å². The lowest BCUT2D eigenvalue weighted by molar-refractivity contribution is 0.393. The second-order valence-electron chi connectivity index (χ2n) is 6.35. The Hall–Kier alpha value is -2.36. The van der Waals surface area contributed by atoms with E-state index in [1.807, 2.05) is 6.07 Å². The lowest BCUT2D eigenvalue weighted by Gasteiger charge is -2.08. The quantitative estimate of drug-likeness (QED) is 0.605. The lowest BCUT2D eigenvalue weighted by Crippen LogP contribution is -1.92. The molecule has 2 N–H and O–H groups in total. The molecule has 0 aliphatic heterocycles. The Labute approximate surface area is 150 Å². The van der Waals surface area contributed by atoms with E-state index in [0.717, 1.165) is 49.2 Å². The van der Waals surface area contributed by atoms with E-state index < -0.39 is 0 Å². The first-order chi connectivity index (χ1) is 12.1. The van der Waals surface area contributed by atoms with Crippen LogP contribution in [0.25, 0.3) is 0 Å². The third-order valence-corrected chi connectivity index (χ3v) is 4.30. The molecule has 0 atom stereocenters. The van der Waals surface area contributed by atoms with Crippen molar-refractivity contribution in [3.8, 4) is 23.0 Å². The van der Waals surface area contributed by atoms with Crippen LogP contribution in [0.4, 0.5) is 0 Å². The summed E-state index contributed by atoms with van der Waals surface area (Å²) in [6.45, 7) is 0. The summed E-state index contributed by atoms with van der Waals surface area (Å²) >= 11 is 0. The van der Waals surface area contributed by atoms with Crippen LogP contribution in [0, 0.1) is 0 Å². The summed E-state index contributed by atoms with van der Waals surface area (Å²) < 4.78 is 10.6. The number of hydrogen-bond acceptors (Lipinski definition) is 4. The van der Waals surface area contributed by atoms with Crippen LogP contribution in [0.15, 0.2) is 36.4 Å². The first-order valence-electron chi connectivity index (χ1n) is 8.84. The zero-order valence-electron chi connectivity index (χ0n) is 15.1. The van der Waals surface area contributed by atoms with Crippen LogP contribution in [0.2, 0.25) is 0 Å². The van der Waals surface area contributed by atoms with E-state index in [9.17, 15) is 10.2 Å². The molecule has 0 saturated carbocycles. The minimum Gasteiger partial charge on any atom is -0.508 e. The highest BCUT2D eigenvalue weighted by Gasteiger charge is 2.03. The van der Waals surface area contributed by atoms with Gasteiger partial charge in [0.05, 0.1) is 14.2 Å². The smallest absolute Gasteiger partial charge is 0.122 e. The van der Waals surface area contributed by atoms with E-state index >= 15 is 0 Å². The maximum atomic E-state index is 9.47. The predicted octanol–water partition coefficient (Wildman–Crippen LogP) is 4.85. The van der Waals surface area contributed by atoms with Crippen LogP contribution < -0.4 is 9.47 Å². The summed E-state index contributed by atoms with van der Waals surface area (Å²) in [5, 5.41) is 18.9. The number of ether oxygens (including phenoxy) is 2. The van der Waals surface area contributed by atoms with Crippen LogP contribution in [0.3, 0.4) is 0 Å². The van der Waals surface area contributed by atoms with E-state index in [2.05, 4.69) is 12.1 Å². The molecule has 0 aliphatic rings. The van der Waals surface area contributed by atoms with E-state index in [4.69, 9.17) is 9.47 Å². The van der Waals surface area contributed by atoms with Crippen molar-refractivity contribution in [1.82, 2.24) is 0 Å². The second kappa shape index (κ2) is 9.82. The summed E-state index contributed by atoms with van der Waals surface area (Å²) in [5.74, 6) is 1.93. The Morgan fingerprint density at radius 2 is 1.04 bits per heavy atom. The predicted molar refractivity (Wildman–Crippen MR) is 99.8 cm³/mol. The second-order valence-corrected chi connectivity index (χ2v) is 6.35. The van der Waals surface area contributed by atoms with Crippen LogP contribution in [0.1, 0.15) is 43.2 Å². The molecule has 0 bridgehead atoms. The fourth-order valence-electron chi connectivity index (χ4n) is 3.00. The van der Waals surface area contributed by atoms with Gasteiger partial charge >= 0.3 is 0 Å². The number of methoxy groups -OCH3 is 2. The number of phenols is 2. The molecule has 0 heterocycles. The van der Waals surface area contributed by atoms with Gasteiger partial charge in [0.15, 0.2) is 0 Å². The van der Waals surface area contributed by atoms with Gasteiger partial charge in [-0.25, -0.2) is 0 Å². The molecule has 2 aromatic rings. The molecule has 4 nitrogen and oxygen atoms in total. The Balaban J connectivity index is 1.65. The van der Waals surface area contributed by atoms with Gasteiger partial charge in [0, 0.05) is 12.1 Å². The Morgan fingerprint density at radius 3 is 1.52 bits per heavy atom. The molecule has 0 aromatic heterocycles. The van der Waals surface area contributed by atoms with E-state index in [1.54, 1.807) is 26.4 Å². The summed E-state index contributed by atoms with van der Waals surface area (Å²) in [6.07, 6.45) is 7.64. The average Bonchev–Trinajstić information content (AvgIpc) is 2.59. The van der Waals surface area contributed by atoms with Gasteiger partial charge in [0.1, 0.15) is 23.0 Å². The van der Waals surface area contributed by atoms with Crippen LogP contribution >= 0.6 is 0 Å². The first-order valence-corrected chi connectivity index (χ1v) is 8.84. The van der Waals surface area contributed by atoms with Gasteiger partial charge in [-0.05, 0) is 61.1 Å². The number of benzene rings is 2. The summed E-state index contributed by atoms with van der Waals surface area (Å²) in [4.78, 5) is 0. The van der Waals surface area contributed by atoms with Gasteiger partial charge in [0.2, 0.25) is 0 Å². The van der Waals surface area contributed by atoms with Crippen molar-refractivity contribution in [1.29, 1.82) is 0 Å². The maximum absolute atomic E-state index is 9.47. The molecular weight excluding hydrogens is 316 g/mol. The van der Waals surface area contributed by atoms with Crippen molar-refractivity contribution in [2.24, 2.45) is 0 Å². The standard InChI is InChI=1S/C21H28O4/c1-24-20-12-17(13-21(15-20)25-2)9-7-5-3-4-6-8-16-10-18(22)14-19(23)11-16/h10-15,22-23H,3-9H2,1-2H3. The van der Waals surface area contributed by atoms with Crippen molar-refractivity contribution >= 4 is 0 Å². The van der Waals surface area contributed by atoms with Gasteiger partial charge in [-0.1, -0.05) is 19.3 Å². The SMILES string of the molecule is COc1cc(CCCCCCCc2cc(O)cc(O)c2)cc(OC)c1. The van der Waals surface area contributed by atoms with E-state index in [-0.39, 0.29) is 11.5 Å². The summed E-state index contributed by atoms with van der Waals surface area (Å²) in [5.41, 5.74) is 2.23. The molecule has 0 amide bonds. The molecular formula is C21H28O4. The monoisotopic (exact) mass is 344 g/mol. The number of hydrogen-bond donors (Lipinski definition) is 2. The Kier molecular flexibility index (Phi) is 7.45. The number of aryl methyl sites for hydroxylation is 2. The highest BCUT2D eigenvalue weighted by molar-refractivity contribution is 5.38. The minimum absolute atomic E-state index is 0.128. The zero-order valence-corrected chi connectivity index (χ0v) is 15.1. The number of aromatic hydroxyl groups is 2. The van der Waals surface area contributed by atoms with Gasteiger partial charge in [-0.2, -0.15) is 0 Å². The Bertz CT molecular complexity index is 624. The molecule has 2 rings (SSSR count). The molecule has 0 aliphatic carbocycles. The van der Waals surface area contributed by atoms with Crippen LogP contribution in [-0.2, 0) is 12.8 Å². The lowest BCUT2D eigenvalue weighted by atomic mass is 10.0. The molecule has 4 heteroatoms.